The van der Waals surface area contributed by atoms with Crippen molar-refractivity contribution >= 4 is 12.0 Å². The molecule has 0 aliphatic heterocycles. The zero-order chi connectivity index (χ0) is 20.3. The van der Waals surface area contributed by atoms with Crippen LogP contribution in [0.15, 0.2) is 54.6 Å². The minimum Gasteiger partial charge on any atom is -0.445 e. The van der Waals surface area contributed by atoms with E-state index < -0.39 is 11.9 Å². The fourth-order valence-corrected chi connectivity index (χ4v) is 4.75. The van der Waals surface area contributed by atoms with Crippen LogP contribution in [0.1, 0.15) is 54.4 Å². The van der Waals surface area contributed by atoms with Gasteiger partial charge in [-0.25, -0.2) is 9.18 Å². The van der Waals surface area contributed by atoms with E-state index in [-0.39, 0.29) is 23.6 Å². The molecule has 0 aromatic heterocycles. The summed E-state index contributed by atoms with van der Waals surface area (Å²) in [5.41, 5.74) is 0.528. The maximum atomic E-state index is 13.4. The van der Waals surface area contributed by atoms with E-state index in [0.717, 1.165) is 37.7 Å². The van der Waals surface area contributed by atoms with Crippen LogP contribution >= 0.6 is 0 Å². The van der Waals surface area contributed by atoms with Gasteiger partial charge in [-0.15, -0.1) is 0 Å². The first-order chi connectivity index (χ1) is 14.0. The Kier molecular flexibility index (Phi) is 5.26. The van der Waals surface area contributed by atoms with Crippen molar-refractivity contribution < 1.29 is 18.7 Å². The summed E-state index contributed by atoms with van der Waals surface area (Å²) < 4.78 is 18.8. The van der Waals surface area contributed by atoms with Crippen LogP contribution < -0.4 is 10.6 Å². The maximum Gasteiger partial charge on any atom is 0.407 e. The first kappa shape index (κ1) is 19.4. The number of carbonyl (C=O) groups excluding carboxylic acids is 2. The van der Waals surface area contributed by atoms with Gasteiger partial charge in [-0.3, -0.25) is 4.79 Å². The highest BCUT2D eigenvalue weighted by molar-refractivity contribution is 5.94. The Morgan fingerprint density at radius 3 is 2.38 bits per heavy atom. The van der Waals surface area contributed by atoms with Gasteiger partial charge in [-0.2, -0.15) is 0 Å². The Morgan fingerprint density at radius 2 is 1.66 bits per heavy atom. The number of benzene rings is 2. The van der Waals surface area contributed by atoms with Crippen LogP contribution in [0.3, 0.4) is 0 Å². The first-order valence-electron chi connectivity index (χ1n) is 10.0. The molecule has 2 fully saturated rings. The zero-order valence-electron chi connectivity index (χ0n) is 16.2. The number of halogens is 1. The van der Waals surface area contributed by atoms with Crippen molar-refractivity contribution in [2.75, 3.05) is 0 Å². The van der Waals surface area contributed by atoms with Gasteiger partial charge in [0.15, 0.2) is 0 Å². The summed E-state index contributed by atoms with van der Waals surface area (Å²) in [4.78, 5) is 25.0. The normalized spacial score (nSPS) is 25.3. The number of fused-ring (bicyclic) bond motifs is 2. The average molecular weight is 396 g/mol. The highest BCUT2D eigenvalue weighted by atomic mass is 19.1. The predicted molar refractivity (Wildman–Crippen MR) is 107 cm³/mol. The third kappa shape index (κ3) is 4.42. The highest BCUT2D eigenvalue weighted by Crippen LogP contribution is 2.48. The first-order valence-corrected chi connectivity index (χ1v) is 10.0. The molecule has 2 atom stereocenters. The molecule has 6 heteroatoms. The Labute approximate surface area is 169 Å². The van der Waals surface area contributed by atoms with Crippen molar-refractivity contribution in [3.05, 3.63) is 71.5 Å². The van der Waals surface area contributed by atoms with Gasteiger partial charge in [0, 0.05) is 16.6 Å². The van der Waals surface area contributed by atoms with Gasteiger partial charge in [-0.1, -0.05) is 36.4 Å². The van der Waals surface area contributed by atoms with E-state index >= 15 is 0 Å². The van der Waals surface area contributed by atoms with Crippen molar-refractivity contribution in [2.24, 2.45) is 0 Å². The van der Waals surface area contributed by atoms with Crippen LogP contribution in [0.5, 0.6) is 0 Å². The number of rotatable bonds is 5. The van der Waals surface area contributed by atoms with Crippen molar-refractivity contribution in [1.82, 2.24) is 10.6 Å². The summed E-state index contributed by atoms with van der Waals surface area (Å²) >= 11 is 0. The van der Waals surface area contributed by atoms with Gasteiger partial charge in [0.25, 0.3) is 5.91 Å². The lowest BCUT2D eigenvalue weighted by Crippen LogP contribution is -2.55. The lowest BCUT2D eigenvalue weighted by Gasteiger charge is -2.40. The molecular formula is C23H25FN2O3. The van der Waals surface area contributed by atoms with Gasteiger partial charge in [0.05, 0.1) is 0 Å². The molecule has 0 spiro atoms. The molecule has 0 radical (unpaired) electrons. The fraction of sp³-hybridized carbons (Fsp3) is 0.391. The molecule has 2 amide bonds. The number of ether oxygens (including phenoxy) is 1. The summed E-state index contributed by atoms with van der Waals surface area (Å²) in [5.74, 6) is -0.698. The molecule has 2 aliphatic rings. The third-order valence-electron chi connectivity index (χ3n) is 6.12. The van der Waals surface area contributed by atoms with Crippen molar-refractivity contribution in [3.8, 4) is 0 Å². The molecule has 29 heavy (non-hydrogen) atoms. The number of carbonyl (C=O) groups is 2. The number of nitrogens with one attached hydrogen (secondary N) is 2. The number of amides is 2. The second-order valence-electron chi connectivity index (χ2n) is 8.24. The Bertz CT molecular complexity index is 904. The summed E-state index contributed by atoms with van der Waals surface area (Å²) in [6.45, 7) is 0.226. The van der Waals surface area contributed by atoms with Gasteiger partial charge in [-0.05, 0) is 62.3 Å². The van der Waals surface area contributed by atoms with Crippen LogP contribution in [0, 0.1) is 5.82 Å². The van der Waals surface area contributed by atoms with E-state index in [1.807, 2.05) is 30.3 Å². The van der Waals surface area contributed by atoms with Crippen LogP contribution in [-0.4, -0.2) is 23.1 Å². The molecule has 2 N–H and O–H groups in total. The molecule has 0 saturated heterocycles. The Morgan fingerprint density at radius 1 is 0.931 bits per heavy atom. The summed E-state index contributed by atoms with van der Waals surface area (Å²) in [7, 11) is 0. The average Bonchev–Trinajstić information content (AvgIpc) is 2.96. The van der Waals surface area contributed by atoms with Crippen LogP contribution in [-0.2, 0) is 11.3 Å². The topological polar surface area (TPSA) is 67.4 Å². The van der Waals surface area contributed by atoms with E-state index in [1.54, 1.807) is 6.07 Å². The smallest absolute Gasteiger partial charge is 0.407 e. The number of hydrogen-bond acceptors (Lipinski definition) is 3. The Hall–Kier alpha value is -2.89. The van der Waals surface area contributed by atoms with Gasteiger partial charge >= 0.3 is 6.09 Å². The molecule has 2 saturated carbocycles. The standard InChI is InChI=1S/C23H25FN2O3/c24-19-9-4-8-18(14-19)20(27)25-22-10-5-11-23(16-22,13-12-22)26-21(28)29-15-17-6-2-1-3-7-17/h1-4,6-9,14H,5,10-13,15-16H2,(H,25,27)(H,26,28)/t22-,23+/m1/s1. The van der Waals surface area contributed by atoms with Crippen LogP contribution in [0.2, 0.25) is 0 Å². The SMILES string of the molecule is O=C(N[C@@]12CCC[C@@](NC(=O)c3cccc(F)c3)(CC1)C2)OCc1ccccc1. The molecule has 2 aromatic rings. The molecule has 152 valence electrons. The minimum atomic E-state index is -0.428. The van der Waals surface area contributed by atoms with E-state index in [9.17, 15) is 14.0 Å². The van der Waals surface area contributed by atoms with Crippen molar-refractivity contribution in [3.63, 3.8) is 0 Å². The van der Waals surface area contributed by atoms with Crippen LogP contribution in [0.4, 0.5) is 9.18 Å². The number of alkyl carbamates (subject to hydrolysis) is 1. The molecule has 0 unspecified atom stereocenters. The van der Waals surface area contributed by atoms with Crippen molar-refractivity contribution in [1.29, 1.82) is 0 Å². The predicted octanol–water partition coefficient (Wildman–Crippen LogP) is 4.33. The molecule has 2 bridgehead atoms. The lowest BCUT2D eigenvalue weighted by molar-refractivity contribution is 0.0861. The van der Waals surface area contributed by atoms with Gasteiger partial charge in [0.2, 0.25) is 0 Å². The monoisotopic (exact) mass is 396 g/mol. The molecular weight excluding hydrogens is 371 g/mol. The second-order valence-corrected chi connectivity index (χ2v) is 8.24. The third-order valence-corrected chi connectivity index (χ3v) is 6.12. The summed E-state index contributed by atoms with van der Waals surface area (Å²) in [6, 6.07) is 15.3. The summed E-state index contributed by atoms with van der Waals surface area (Å²) in [6.07, 6.45) is 4.44. The van der Waals surface area contributed by atoms with E-state index in [4.69, 9.17) is 4.74 Å². The molecule has 5 nitrogen and oxygen atoms in total. The summed E-state index contributed by atoms with van der Waals surface area (Å²) in [5, 5.41) is 6.19. The minimum absolute atomic E-state index is 0.226. The van der Waals surface area contributed by atoms with Crippen molar-refractivity contribution in [2.45, 2.75) is 56.2 Å². The van der Waals surface area contributed by atoms with Crippen LogP contribution in [0.25, 0.3) is 0 Å². The molecule has 2 aromatic carbocycles. The fourth-order valence-electron chi connectivity index (χ4n) is 4.75. The molecule has 2 aliphatic carbocycles. The maximum absolute atomic E-state index is 13.4. The van der Waals surface area contributed by atoms with E-state index in [2.05, 4.69) is 10.6 Å². The zero-order valence-corrected chi connectivity index (χ0v) is 16.2. The number of hydrogen-bond donors (Lipinski definition) is 2. The Balaban J connectivity index is 1.37. The van der Waals surface area contributed by atoms with Gasteiger partial charge < -0.3 is 15.4 Å². The largest absolute Gasteiger partial charge is 0.445 e. The lowest BCUT2D eigenvalue weighted by atomic mass is 9.78. The second kappa shape index (κ2) is 7.85. The van der Waals surface area contributed by atoms with Gasteiger partial charge in [0.1, 0.15) is 12.4 Å². The highest BCUT2D eigenvalue weighted by Gasteiger charge is 2.52. The van der Waals surface area contributed by atoms with E-state index in [0.29, 0.717) is 12.0 Å². The van der Waals surface area contributed by atoms with E-state index in [1.165, 1.54) is 18.2 Å². The molecule has 4 rings (SSSR count). The quantitative estimate of drug-likeness (QED) is 0.791. The molecule has 0 heterocycles.